The number of carbonyl (C=O) groups is 3. The van der Waals surface area contributed by atoms with Crippen LogP contribution in [0.3, 0.4) is 0 Å². The molecule has 0 fully saturated rings. The summed E-state index contributed by atoms with van der Waals surface area (Å²) in [6, 6.07) is 14.1. The first-order valence-corrected chi connectivity index (χ1v) is 11.6. The Hall–Kier alpha value is -3.90. The number of aliphatic hydroxyl groups is 1. The number of aryl methyl sites for hydroxylation is 2. The van der Waals surface area contributed by atoms with Crippen molar-refractivity contribution in [1.82, 2.24) is 15.5 Å². The highest BCUT2D eigenvalue weighted by molar-refractivity contribution is 5.92. The Balaban J connectivity index is 2.42. The predicted molar refractivity (Wildman–Crippen MR) is 135 cm³/mol. The smallest absolute Gasteiger partial charge is 0.408 e. The monoisotopic (exact) mass is 494 g/mol. The minimum Gasteiger partial charge on any atom is -0.444 e. The standard InChI is InChI=1S/C27H34N4O5/c1-18-11-12-21(19(2)15-18)23(24(33)29-16-20-9-7-6-8-10-20)31(14-13-28)25(34)22(17-32)30-26(35)36-27(3,4)5/h6-12,15,22-23,32H,14,16-17H2,1-5H3,(H,29,33)(H,30,35). The summed E-state index contributed by atoms with van der Waals surface area (Å²) in [5.41, 5.74) is 2.30. The number of nitrogens with one attached hydrogen (secondary N) is 2. The van der Waals surface area contributed by atoms with E-state index in [-0.39, 0.29) is 6.54 Å². The fourth-order valence-corrected chi connectivity index (χ4v) is 3.67. The van der Waals surface area contributed by atoms with Crippen LogP contribution < -0.4 is 10.6 Å². The SMILES string of the molecule is Cc1ccc(C(C(=O)NCc2ccccc2)N(CC#N)C(=O)C(CO)NC(=O)OC(C)(C)C)c(C)c1. The maximum Gasteiger partial charge on any atom is 0.408 e. The van der Waals surface area contributed by atoms with Crippen LogP contribution in [-0.2, 0) is 20.9 Å². The van der Waals surface area contributed by atoms with E-state index in [1.807, 2.05) is 62.4 Å². The van der Waals surface area contributed by atoms with Gasteiger partial charge in [0.25, 0.3) is 0 Å². The molecule has 2 aromatic carbocycles. The average molecular weight is 495 g/mol. The van der Waals surface area contributed by atoms with Crippen LogP contribution in [0.15, 0.2) is 48.5 Å². The number of nitriles is 1. The number of amides is 3. The van der Waals surface area contributed by atoms with E-state index in [1.165, 1.54) is 0 Å². The molecule has 36 heavy (non-hydrogen) atoms. The van der Waals surface area contributed by atoms with Crippen LogP contribution in [0.4, 0.5) is 4.79 Å². The van der Waals surface area contributed by atoms with Crippen LogP contribution >= 0.6 is 0 Å². The van der Waals surface area contributed by atoms with Crippen LogP contribution in [0, 0.1) is 25.2 Å². The molecule has 0 aliphatic carbocycles. The fourth-order valence-electron chi connectivity index (χ4n) is 3.67. The van der Waals surface area contributed by atoms with E-state index < -0.39 is 48.7 Å². The van der Waals surface area contributed by atoms with Gasteiger partial charge in [-0.3, -0.25) is 9.59 Å². The topological polar surface area (TPSA) is 132 Å². The lowest BCUT2D eigenvalue weighted by molar-refractivity contribution is -0.142. The molecule has 0 spiro atoms. The van der Waals surface area contributed by atoms with Crippen LogP contribution in [0.25, 0.3) is 0 Å². The second-order valence-corrected chi connectivity index (χ2v) is 9.47. The van der Waals surface area contributed by atoms with E-state index in [1.54, 1.807) is 26.8 Å². The predicted octanol–water partition coefficient (Wildman–Crippen LogP) is 2.90. The van der Waals surface area contributed by atoms with Gasteiger partial charge in [0.1, 0.15) is 24.2 Å². The molecule has 9 heteroatoms. The van der Waals surface area contributed by atoms with Gasteiger partial charge in [0.15, 0.2) is 0 Å². The lowest BCUT2D eigenvalue weighted by Gasteiger charge is -2.33. The Morgan fingerprint density at radius 3 is 2.33 bits per heavy atom. The minimum atomic E-state index is -1.41. The molecule has 0 aromatic heterocycles. The zero-order valence-electron chi connectivity index (χ0n) is 21.4. The van der Waals surface area contributed by atoms with E-state index in [0.717, 1.165) is 21.6 Å². The first-order chi connectivity index (χ1) is 17.0. The molecule has 0 aliphatic rings. The van der Waals surface area contributed by atoms with Crippen molar-refractivity contribution >= 4 is 17.9 Å². The Labute approximate surface area is 212 Å². The number of hydrogen-bond donors (Lipinski definition) is 3. The maximum absolute atomic E-state index is 13.5. The fraction of sp³-hybridized carbons (Fsp3) is 0.407. The van der Waals surface area contributed by atoms with E-state index in [0.29, 0.717) is 5.56 Å². The van der Waals surface area contributed by atoms with Crippen molar-refractivity contribution in [3.63, 3.8) is 0 Å². The lowest BCUT2D eigenvalue weighted by atomic mass is 9.96. The van der Waals surface area contributed by atoms with E-state index in [2.05, 4.69) is 10.6 Å². The summed E-state index contributed by atoms with van der Waals surface area (Å²) in [5.74, 6) is -1.28. The van der Waals surface area contributed by atoms with Crippen molar-refractivity contribution in [3.8, 4) is 6.07 Å². The van der Waals surface area contributed by atoms with Gasteiger partial charge in [-0.15, -0.1) is 0 Å². The second-order valence-electron chi connectivity index (χ2n) is 9.47. The van der Waals surface area contributed by atoms with Crippen molar-refractivity contribution in [2.45, 2.75) is 58.8 Å². The zero-order valence-corrected chi connectivity index (χ0v) is 21.4. The number of nitrogens with zero attached hydrogens (tertiary/aromatic N) is 2. The Bertz CT molecular complexity index is 1110. The summed E-state index contributed by atoms with van der Waals surface area (Å²) in [7, 11) is 0. The summed E-state index contributed by atoms with van der Waals surface area (Å²) in [5, 5.41) is 24.6. The second kappa shape index (κ2) is 12.7. The molecule has 9 nitrogen and oxygen atoms in total. The lowest BCUT2D eigenvalue weighted by Crippen LogP contribution is -2.54. The first kappa shape index (κ1) is 28.3. The van der Waals surface area contributed by atoms with Gasteiger partial charge in [0, 0.05) is 6.54 Å². The molecule has 0 aliphatic heterocycles. The Kier molecular flexibility index (Phi) is 10.00. The van der Waals surface area contributed by atoms with Gasteiger partial charge < -0.3 is 25.4 Å². The van der Waals surface area contributed by atoms with Gasteiger partial charge in [-0.25, -0.2) is 4.79 Å². The van der Waals surface area contributed by atoms with Crippen LogP contribution in [0.1, 0.15) is 49.1 Å². The number of hydrogen-bond acceptors (Lipinski definition) is 6. The molecular formula is C27H34N4O5. The molecule has 2 atom stereocenters. The van der Waals surface area contributed by atoms with Gasteiger partial charge in [0.2, 0.25) is 11.8 Å². The van der Waals surface area contributed by atoms with E-state index in [9.17, 15) is 24.8 Å². The molecule has 3 N–H and O–H groups in total. The molecular weight excluding hydrogens is 460 g/mol. The largest absolute Gasteiger partial charge is 0.444 e. The van der Waals surface area contributed by atoms with Gasteiger partial charge in [0.05, 0.1) is 12.7 Å². The van der Waals surface area contributed by atoms with E-state index in [4.69, 9.17) is 4.74 Å². The van der Waals surface area contributed by atoms with Crippen molar-refractivity contribution in [3.05, 3.63) is 70.8 Å². The van der Waals surface area contributed by atoms with Crippen LogP contribution in [0.2, 0.25) is 0 Å². The van der Waals surface area contributed by atoms with Crippen LogP contribution in [0.5, 0.6) is 0 Å². The summed E-state index contributed by atoms with van der Waals surface area (Å²) in [4.78, 5) is 40.4. The number of benzene rings is 2. The molecule has 2 rings (SSSR count). The third kappa shape index (κ3) is 8.10. The van der Waals surface area contributed by atoms with Crippen molar-refractivity contribution < 1.29 is 24.2 Å². The van der Waals surface area contributed by atoms with E-state index >= 15 is 0 Å². The molecule has 2 aromatic rings. The van der Waals surface area contributed by atoms with Gasteiger partial charge >= 0.3 is 6.09 Å². The Morgan fingerprint density at radius 1 is 1.11 bits per heavy atom. The quantitative estimate of drug-likeness (QED) is 0.459. The summed E-state index contributed by atoms with van der Waals surface area (Å²) < 4.78 is 5.20. The molecule has 0 saturated heterocycles. The Morgan fingerprint density at radius 2 is 1.78 bits per heavy atom. The van der Waals surface area contributed by atoms with Crippen LogP contribution in [-0.4, -0.2) is 52.7 Å². The molecule has 192 valence electrons. The molecule has 2 unspecified atom stereocenters. The summed E-state index contributed by atoms with van der Waals surface area (Å²) >= 11 is 0. The number of alkyl carbamates (subject to hydrolysis) is 1. The third-order valence-corrected chi connectivity index (χ3v) is 5.29. The minimum absolute atomic E-state index is 0.218. The van der Waals surface area contributed by atoms with Gasteiger partial charge in [-0.2, -0.15) is 5.26 Å². The molecule has 3 amide bonds. The average Bonchev–Trinajstić information content (AvgIpc) is 2.81. The molecule has 0 bridgehead atoms. The zero-order chi connectivity index (χ0) is 26.9. The normalized spacial score (nSPS) is 12.6. The van der Waals surface area contributed by atoms with Crippen molar-refractivity contribution in [1.29, 1.82) is 5.26 Å². The number of aliphatic hydroxyl groups excluding tert-OH is 1. The van der Waals surface area contributed by atoms with Gasteiger partial charge in [-0.05, 0) is 51.3 Å². The molecule has 0 saturated carbocycles. The van der Waals surface area contributed by atoms with Crippen molar-refractivity contribution in [2.24, 2.45) is 0 Å². The summed E-state index contributed by atoms with van der Waals surface area (Å²) in [6.07, 6.45) is -0.900. The summed E-state index contributed by atoms with van der Waals surface area (Å²) in [6.45, 7) is 7.75. The highest BCUT2D eigenvalue weighted by Gasteiger charge is 2.36. The maximum atomic E-state index is 13.5. The molecule has 0 heterocycles. The highest BCUT2D eigenvalue weighted by atomic mass is 16.6. The third-order valence-electron chi connectivity index (χ3n) is 5.29. The molecule has 0 radical (unpaired) electrons. The number of carbonyl (C=O) groups excluding carboxylic acids is 3. The first-order valence-electron chi connectivity index (χ1n) is 11.6. The highest BCUT2D eigenvalue weighted by Crippen LogP contribution is 2.26. The number of ether oxygens (including phenoxy) is 1. The van der Waals surface area contributed by atoms with Gasteiger partial charge in [-0.1, -0.05) is 54.1 Å². The number of rotatable bonds is 9. The van der Waals surface area contributed by atoms with Crippen molar-refractivity contribution in [2.75, 3.05) is 13.2 Å².